The van der Waals surface area contributed by atoms with E-state index in [1.165, 1.54) is 0 Å². The van der Waals surface area contributed by atoms with Gasteiger partial charge in [0.1, 0.15) is 5.75 Å². The molecule has 5 heteroatoms. The van der Waals surface area contributed by atoms with Gasteiger partial charge in [0, 0.05) is 24.3 Å². The molecule has 1 aliphatic heterocycles. The van der Waals surface area contributed by atoms with E-state index < -0.39 is 0 Å². The minimum atomic E-state index is -0.140. The van der Waals surface area contributed by atoms with Crippen LogP contribution in [-0.4, -0.2) is 29.1 Å². The van der Waals surface area contributed by atoms with Gasteiger partial charge in [-0.3, -0.25) is 4.79 Å². The van der Waals surface area contributed by atoms with Crippen molar-refractivity contribution >= 4 is 29.0 Å². The van der Waals surface area contributed by atoms with Gasteiger partial charge in [0.15, 0.2) is 0 Å². The van der Waals surface area contributed by atoms with Crippen molar-refractivity contribution in [3.8, 4) is 5.75 Å². The molecule has 0 radical (unpaired) electrons. The number of benzene rings is 2. The Morgan fingerprint density at radius 1 is 1.12 bits per heavy atom. The van der Waals surface area contributed by atoms with Gasteiger partial charge >= 0.3 is 0 Å². The van der Waals surface area contributed by atoms with Crippen LogP contribution in [-0.2, 0) is 0 Å². The fraction of sp³-hybridized carbons (Fsp3) is 0.333. The summed E-state index contributed by atoms with van der Waals surface area (Å²) in [5.74, 6) is 1.26. The Hall–Kier alpha value is -2.40. The molecule has 1 fully saturated rings. The molecule has 0 saturated carbocycles. The van der Waals surface area contributed by atoms with Crippen LogP contribution in [0.5, 0.6) is 5.75 Å². The first-order valence-electron chi connectivity index (χ1n) is 8.97. The number of hydrogen-bond donors (Lipinski definition) is 1. The van der Waals surface area contributed by atoms with Gasteiger partial charge in [-0.1, -0.05) is 25.1 Å². The molecule has 0 atom stereocenters. The van der Waals surface area contributed by atoms with Gasteiger partial charge < -0.3 is 15.0 Å². The quantitative estimate of drug-likeness (QED) is 0.801. The molecule has 2 aromatic carbocycles. The number of aryl methyl sites for hydroxylation is 1. The molecule has 3 rings (SSSR count). The monoisotopic (exact) mass is 368 g/mol. The largest absolute Gasteiger partial charge is 0.432 e. The van der Waals surface area contributed by atoms with Gasteiger partial charge in [0.25, 0.3) is 11.1 Å². The highest BCUT2D eigenvalue weighted by Crippen LogP contribution is 2.20. The van der Waals surface area contributed by atoms with E-state index in [4.69, 9.17) is 17.0 Å². The number of rotatable bonds is 3. The van der Waals surface area contributed by atoms with Crippen LogP contribution >= 0.6 is 12.2 Å². The third-order valence-electron chi connectivity index (χ3n) is 4.76. The molecule has 0 bridgehead atoms. The summed E-state index contributed by atoms with van der Waals surface area (Å²) < 4.78 is 5.79. The zero-order valence-corrected chi connectivity index (χ0v) is 16.0. The maximum absolute atomic E-state index is 12.4. The van der Waals surface area contributed by atoms with Gasteiger partial charge in [0.05, 0.1) is 0 Å². The zero-order valence-electron chi connectivity index (χ0n) is 15.2. The molecule has 136 valence electrons. The predicted molar refractivity (Wildman–Crippen MR) is 109 cm³/mol. The summed E-state index contributed by atoms with van der Waals surface area (Å²) in [4.78, 5) is 14.5. The summed E-state index contributed by atoms with van der Waals surface area (Å²) in [5.41, 5.74) is 2.43. The molecule has 2 aromatic rings. The van der Waals surface area contributed by atoms with Crippen molar-refractivity contribution in [2.24, 2.45) is 5.92 Å². The highest BCUT2D eigenvalue weighted by atomic mass is 32.1. The van der Waals surface area contributed by atoms with Crippen LogP contribution in [0, 0.1) is 12.8 Å². The Balaban J connectivity index is 1.58. The standard InChI is InChI=1S/C21H24N2O2S/c1-15-11-13-23(14-12-15)21(26)25-18-9-7-17(8-10-18)20(24)22-19-6-4-3-5-16(19)2/h3-10,15H,11-14H2,1-2H3,(H,22,24). The molecule has 4 nitrogen and oxygen atoms in total. The normalized spacial score (nSPS) is 14.8. The summed E-state index contributed by atoms with van der Waals surface area (Å²) in [5, 5.41) is 3.44. The number of carbonyl (C=O) groups excluding carboxylic acids is 1. The molecule has 1 amide bonds. The number of hydrogen-bond acceptors (Lipinski definition) is 3. The predicted octanol–water partition coefficient (Wildman–Crippen LogP) is 4.64. The number of para-hydroxylation sites is 1. The maximum atomic E-state index is 12.4. The lowest BCUT2D eigenvalue weighted by Gasteiger charge is -2.31. The number of nitrogens with zero attached hydrogens (tertiary/aromatic N) is 1. The first kappa shape index (κ1) is 18.4. The summed E-state index contributed by atoms with van der Waals surface area (Å²) in [7, 11) is 0. The van der Waals surface area contributed by atoms with Gasteiger partial charge in [-0.25, -0.2) is 0 Å². The van der Waals surface area contributed by atoms with Gasteiger partial charge in [-0.2, -0.15) is 0 Å². The number of thiocarbonyl (C=S) groups is 1. The third-order valence-corrected chi connectivity index (χ3v) is 5.10. The minimum Gasteiger partial charge on any atom is -0.432 e. The molecule has 1 saturated heterocycles. The molecule has 0 spiro atoms. The number of anilines is 1. The second-order valence-corrected chi connectivity index (χ2v) is 7.18. The Kier molecular flexibility index (Phi) is 5.89. The van der Waals surface area contributed by atoms with Crippen LogP contribution in [0.25, 0.3) is 0 Å². The number of likely N-dealkylation sites (tertiary alicyclic amines) is 1. The molecule has 0 aliphatic carbocycles. The minimum absolute atomic E-state index is 0.140. The van der Waals surface area contributed by atoms with Crippen LogP contribution in [0.15, 0.2) is 48.5 Å². The van der Waals surface area contributed by atoms with Crippen LogP contribution in [0.1, 0.15) is 35.7 Å². The lowest BCUT2D eigenvalue weighted by molar-refractivity contribution is 0.102. The van der Waals surface area contributed by atoms with Crippen LogP contribution in [0.4, 0.5) is 5.69 Å². The van der Waals surface area contributed by atoms with Crippen LogP contribution in [0.2, 0.25) is 0 Å². The summed E-state index contributed by atoms with van der Waals surface area (Å²) in [6.45, 7) is 6.12. The average Bonchev–Trinajstić information content (AvgIpc) is 2.64. The van der Waals surface area contributed by atoms with Crippen molar-refractivity contribution < 1.29 is 9.53 Å². The van der Waals surface area contributed by atoms with E-state index in [0.717, 1.165) is 43.1 Å². The Morgan fingerprint density at radius 3 is 2.42 bits per heavy atom. The topological polar surface area (TPSA) is 41.6 Å². The summed E-state index contributed by atoms with van der Waals surface area (Å²) in [6, 6.07) is 14.8. The van der Waals surface area contributed by atoms with Crippen molar-refractivity contribution in [2.75, 3.05) is 18.4 Å². The van der Waals surface area contributed by atoms with E-state index >= 15 is 0 Å². The van der Waals surface area contributed by atoms with E-state index in [9.17, 15) is 4.79 Å². The summed E-state index contributed by atoms with van der Waals surface area (Å²) >= 11 is 5.40. The fourth-order valence-electron chi connectivity index (χ4n) is 2.94. The highest BCUT2D eigenvalue weighted by molar-refractivity contribution is 7.80. The third kappa shape index (κ3) is 4.61. The average molecular weight is 369 g/mol. The number of carbonyl (C=O) groups is 1. The number of amides is 1. The van der Waals surface area contributed by atoms with E-state index in [2.05, 4.69) is 17.1 Å². The second kappa shape index (κ2) is 8.32. The van der Waals surface area contributed by atoms with Gasteiger partial charge in [0.2, 0.25) is 0 Å². The summed E-state index contributed by atoms with van der Waals surface area (Å²) in [6.07, 6.45) is 2.28. The fourth-order valence-corrected chi connectivity index (χ4v) is 3.22. The first-order chi connectivity index (χ1) is 12.5. The van der Waals surface area contributed by atoms with Crippen molar-refractivity contribution in [2.45, 2.75) is 26.7 Å². The molecule has 26 heavy (non-hydrogen) atoms. The van der Waals surface area contributed by atoms with E-state index in [1.807, 2.05) is 31.2 Å². The molecule has 1 aliphatic rings. The first-order valence-corrected chi connectivity index (χ1v) is 9.37. The van der Waals surface area contributed by atoms with Crippen molar-refractivity contribution in [3.05, 3.63) is 59.7 Å². The Bertz CT molecular complexity index is 781. The smallest absolute Gasteiger partial charge is 0.264 e. The molecule has 1 heterocycles. The van der Waals surface area contributed by atoms with E-state index in [1.54, 1.807) is 24.3 Å². The molecule has 0 aromatic heterocycles. The lowest BCUT2D eigenvalue weighted by atomic mass is 10.00. The van der Waals surface area contributed by atoms with E-state index in [0.29, 0.717) is 16.5 Å². The van der Waals surface area contributed by atoms with E-state index in [-0.39, 0.29) is 5.91 Å². The van der Waals surface area contributed by atoms with Gasteiger partial charge in [-0.05, 0) is 73.8 Å². The number of nitrogens with one attached hydrogen (secondary N) is 1. The zero-order chi connectivity index (χ0) is 18.5. The molecule has 1 N–H and O–H groups in total. The Morgan fingerprint density at radius 2 is 1.77 bits per heavy atom. The van der Waals surface area contributed by atoms with Crippen LogP contribution in [0.3, 0.4) is 0 Å². The SMILES string of the molecule is Cc1ccccc1NC(=O)c1ccc(OC(=S)N2CCC(C)CC2)cc1. The van der Waals surface area contributed by atoms with Crippen molar-refractivity contribution in [1.29, 1.82) is 0 Å². The number of ether oxygens (including phenoxy) is 1. The molecule has 0 unspecified atom stereocenters. The number of piperidine rings is 1. The highest BCUT2D eigenvalue weighted by Gasteiger charge is 2.19. The lowest BCUT2D eigenvalue weighted by Crippen LogP contribution is -2.39. The van der Waals surface area contributed by atoms with Crippen molar-refractivity contribution in [3.63, 3.8) is 0 Å². The Labute approximate surface area is 160 Å². The van der Waals surface area contributed by atoms with Crippen molar-refractivity contribution in [1.82, 2.24) is 4.90 Å². The second-order valence-electron chi connectivity index (χ2n) is 6.83. The van der Waals surface area contributed by atoms with Gasteiger partial charge in [-0.15, -0.1) is 0 Å². The molecular formula is C21H24N2O2S. The van der Waals surface area contributed by atoms with Crippen LogP contribution < -0.4 is 10.1 Å². The molecular weight excluding hydrogens is 344 g/mol. The maximum Gasteiger partial charge on any atom is 0.264 e.